The molecule has 0 unspecified atom stereocenters. The van der Waals surface area contributed by atoms with Crippen LogP contribution in [0.25, 0.3) is 0 Å². The number of aromatic nitrogens is 1. The average molecular weight is 313 g/mol. The molecule has 8 heteroatoms. The smallest absolute Gasteiger partial charge is 0.293 e. The molecule has 0 bridgehead atoms. The number of anilines is 1. The average Bonchev–Trinajstić information content (AvgIpc) is 2.98. The van der Waals surface area contributed by atoms with Gasteiger partial charge in [0.2, 0.25) is 5.78 Å². The van der Waals surface area contributed by atoms with Gasteiger partial charge in [-0.1, -0.05) is 16.8 Å². The molecule has 1 amide bonds. The van der Waals surface area contributed by atoms with Crippen LogP contribution >= 0.6 is 22.9 Å². The standard InChI is InChI=1S/C12H9ClN2O4S/c1-6-4-11(15-19-6)14-12(18)8(17)5-7(16)9-2-3-10(13)20-9/h2-4H,5H2,1H3,(H,14,15,18). The number of halogens is 1. The first-order valence-corrected chi connectivity index (χ1v) is 6.71. The van der Waals surface area contributed by atoms with Gasteiger partial charge < -0.3 is 9.84 Å². The molecule has 0 saturated carbocycles. The van der Waals surface area contributed by atoms with E-state index in [0.29, 0.717) is 15.0 Å². The topological polar surface area (TPSA) is 89.3 Å². The van der Waals surface area contributed by atoms with Crippen LogP contribution in [0.2, 0.25) is 4.34 Å². The summed E-state index contributed by atoms with van der Waals surface area (Å²) >= 11 is 6.76. The maximum Gasteiger partial charge on any atom is 0.293 e. The lowest BCUT2D eigenvalue weighted by atomic mass is 10.1. The molecular formula is C12H9ClN2O4S. The molecule has 0 atom stereocenters. The van der Waals surface area contributed by atoms with Gasteiger partial charge in [0.05, 0.1) is 15.6 Å². The maximum atomic E-state index is 11.7. The van der Waals surface area contributed by atoms with Crippen LogP contribution in [0.3, 0.4) is 0 Å². The molecule has 2 rings (SSSR count). The third kappa shape index (κ3) is 3.52. The summed E-state index contributed by atoms with van der Waals surface area (Å²) in [7, 11) is 0. The van der Waals surface area contributed by atoms with Gasteiger partial charge in [-0.05, 0) is 19.1 Å². The van der Waals surface area contributed by atoms with E-state index in [0.717, 1.165) is 11.3 Å². The Morgan fingerprint density at radius 3 is 2.70 bits per heavy atom. The molecular weight excluding hydrogens is 304 g/mol. The van der Waals surface area contributed by atoms with E-state index in [-0.39, 0.29) is 5.82 Å². The highest BCUT2D eigenvalue weighted by Gasteiger charge is 2.21. The number of rotatable bonds is 5. The first kappa shape index (κ1) is 14.4. The van der Waals surface area contributed by atoms with Gasteiger partial charge in [0.1, 0.15) is 5.76 Å². The van der Waals surface area contributed by atoms with Gasteiger partial charge in [-0.15, -0.1) is 11.3 Å². The largest absolute Gasteiger partial charge is 0.360 e. The van der Waals surface area contributed by atoms with Crippen molar-refractivity contribution in [1.82, 2.24) is 5.16 Å². The molecule has 2 aromatic rings. The minimum Gasteiger partial charge on any atom is -0.360 e. The van der Waals surface area contributed by atoms with Crippen molar-refractivity contribution in [3.8, 4) is 0 Å². The highest BCUT2D eigenvalue weighted by atomic mass is 35.5. The van der Waals surface area contributed by atoms with Crippen LogP contribution in [0.15, 0.2) is 22.7 Å². The van der Waals surface area contributed by atoms with Crippen molar-refractivity contribution in [2.75, 3.05) is 5.32 Å². The van der Waals surface area contributed by atoms with E-state index in [1.807, 2.05) is 0 Å². The van der Waals surface area contributed by atoms with Crippen LogP contribution in [0.4, 0.5) is 5.82 Å². The van der Waals surface area contributed by atoms with E-state index in [9.17, 15) is 14.4 Å². The lowest BCUT2D eigenvalue weighted by Crippen LogP contribution is -2.25. The van der Waals surface area contributed by atoms with Gasteiger partial charge in [0.25, 0.3) is 5.91 Å². The van der Waals surface area contributed by atoms with Gasteiger partial charge in [-0.25, -0.2) is 0 Å². The number of thiophene rings is 1. The molecule has 1 N–H and O–H groups in total. The molecule has 6 nitrogen and oxygen atoms in total. The van der Waals surface area contributed by atoms with Crippen molar-refractivity contribution in [3.05, 3.63) is 33.2 Å². The molecule has 0 fully saturated rings. The predicted octanol–water partition coefficient (Wildman–Crippen LogP) is 2.48. The van der Waals surface area contributed by atoms with Gasteiger partial charge in [-0.3, -0.25) is 14.4 Å². The Bertz CT molecular complexity index is 677. The maximum absolute atomic E-state index is 11.7. The number of nitrogens with one attached hydrogen (secondary N) is 1. The number of amides is 1. The van der Waals surface area contributed by atoms with Crippen LogP contribution < -0.4 is 5.32 Å². The van der Waals surface area contributed by atoms with E-state index in [2.05, 4.69) is 10.5 Å². The fourth-order valence-electron chi connectivity index (χ4n) is 1.39. The van der Waals surface area contributed by atoms with E-state index >= 15 is 0 Å². The zero-order valence-electron chi connectivity index (χ0n) is 10.3. The Morgan fingerprint density at radius 2 is 2.15 bits per heavy atom. The summed E-state index contributed by atoms with van der Waals surface area (Å²) in [6.45, 7) is 1.65. The van der Waals surface area contributed by atoms with Crippen LogP contribution in [0.5, 0.6) is 0 Å². The van der Waals surface area contributed by atoms with Gasteiger partial charge in [0.15, 0.2) is 11.6 Å². The van der Waals surface area contributed by atoms with E-state index in [1.54, 1.807) is 13.0 Å². The molecule has 0 aliphatic rings. The number of nitrogens with zero attached hydrogens (tertiary/aromatic N) is 1. The Labute approximate surface area is 122 Å². The number of ketones is 2. The van der Waals surface area contributed by atoms with E-state index in [4.69, 9.17) is 16.1 Å². The summed E-state index contributed by atoms with van der Waals surface area (Å²) in [6, 6.07) is 4.54. The van der Waals surface area contributed by atoms with Crippen LogP contribution in [-0.4, -0.2) is 22.6 Å². The molecule has 0 radical (unpaired) electrons. The fourth-order valence-corrected chi connectivity index (χ4v) is 2.37. The monoisotopic (exact) mass is 312 g/mol. The molecule has 20 heavy (non-hydrogen) atoms. The zero-order chi connectivity index (χ0) is 14.7. The molecule has 0 aromatic carbocycles. The molecule has 104 valence electrons. The number of hydrogen-bond donors (Lipinski definition) is 1. The molecule has 0 saturated heterocycles. The third-order valence-electron chi connectivity index (χ3n) is 2.29. The van der Waals surface area contributed by atoms with E-state index < -0.39 is 23.9 Å². The lowest BCUT2D eigenvalue weighted by molar-refractivity contribution is -0.134. The van der Waals surface area contributed by atoms with Crippen molar-refractivity contribution >= 4 is 46.2 Å². The first-order valence-electron chi connectivity index (χ1n) is 5.52. The van der Waals surface area contributed by atoms with Crippen molar-refractivity contribution in [1.29, 1.82) is 0 Å². The van der Waals surface area contributed by atoms with Gasteiger partial charge in [-0.2, -0.15) is 0 Å². The third-order valence-corrected chi connectivity index (χ3v) is 3.56. The predicted molar refractivity (Wildman–Crippen MR) is 73.2 cm³/mol. The minimum absolute atomic E-state index is 0.132. The summed E-state index contributed by atoms with van der Waals surface area (Å²) in [6.07, 6.45) is -0.514. The highest BCUT2D eigenvalue weighted by molar-refractivity contribution is 7.18. The SMILES string of the molecule is Cc1cc(NC(=O)C(=O)CC(=O)c2ccc(Cl)s2)no1. The molecule has 0 spiro atoms. The van der Waals surface area contributed by atoms with Crippen LogP contribution in [0, 0.1) is 6.92 Å². The number of carbonyl (C=O) groups is 3. The van der Waals surface area contributed by atoms with Crippen molar-refractivity contribution in [2.45, 2.75) is 13.3 Å². The quantitative estimate of drug-likeness (QED) is 0.520. The Morgan fingerprint density at radius 1 is 1.40 bits per heavy atom. The molecule has 0 aliphatic heterocycles. The summed E-state index contributed by atoms with van der Waals surface area (Å²) in [5.74, 6) is -1.57. The van der Waals surface area contributed by atoms with Crippen molar-refractivity contribution < 1.29 is 18.9 Å². The van der Waals surface area contributed by atoms with Crippen LogP contribution in [-0.2, 0) is 9.59 Å². The lowest BCUT2D eigenvalue weighted by Gasteiger charge is -1.99. The first-order chi connectivity index (χ1) is 9.45. The fraction of sp³-hybridized carbons (Fsp3) is 0.167. The highest BCUT2D eigenvalue weighted by Crippen LogP contribution is 2.22. The number of aryl methyl sites for hydroxylation is 1. The summed E-state index contributed by atoms with van der Waals surface area (Å²) in [5, 5.41) is 5.78. The van der Waals surface area contributed by atoms with Crippen molar-refractivity contribution in [3.63, 3.8) is 0 Å². The molecule has 2 aromatic heterocycles. The molecule has 2 heterocycles. The normalized spacial score (nSPS) is 10.3. The minimum atomic E-state index is -0.908. The van der Waals surface area contributed by atoms with Crippen molar-refractivity contribution in [2.24, 2.45) is 0 Å². The second-order valence-corrected chi connectivity index (χ2v) is 5.62. The summed E-state index contributed by atoms with van der Waals surface area (Å²) < 4.78 is 5.19. The summed E-state index contributed by atoms with van der Waals surface area (Å²) in [4.78, 5) is 35.3. The summed E-state index contributed by atoms with van der Waals surface area (Å²) in [5.41, 5.74) is 0. The zero-order valence-corrected chi connectivity index (χ0v) is 11.9. The number of Topliss-reactive ketones (excluding diaryl/α,β-unsaturated/α-hetero) is 2. The second kappa shape index (κ2) is 5.98. The van der Waals surface area contributed by atoms with Crippen LogP contribution in [0.1, 0.15) is 21.9 Å². The van der Waals surface area contributed by atoms with E-state index in [1.165, 1.54) is 12.1 Å². The Kier molecular flexibility index (Phi) is 4.31. The van der Waals surface area contributed by atoms with Gasteiger partial charge in [0, 0.05) is 6.07 Å². The second-order valence-electron chi connectivity index (χ2n) is 3.90. The Hall–Kier alpha value is -1.99. The number of hydrogen-bond acceptors (Lipinski definition) is 6. The molecule has 0 aliphatic carbocycles. The number of carbonyl (C=O) groups excluding carboxylic acids is 3. The Balaban J connectivity index is 1.94. The van der Waals surface area contributed by atoms with Gasteiger partial charge >= 0.3 is 0 Å².